The largest absolute Gasteiger partial charge is 0.378 e. The van der Waals surface area contributed by atoms with Gasteiger partial charge in [-0.3, -0.25) is 20.4 Å². The van der Waals surface area contributed by atoms with Crippen LogP contribution in [0.1, 0.15) is 16.1 Å². The number of thiazole rings is 1. The maximum Gasteiger partial charge on any atom is 0.289 e. The fourth-order valence-corrected chi connectivity index (χ4v) is 3.28. The predicted octanol–water partition coefficient (Wildman–Crippen LogP) is 1.64. The van der Waals surface area contributed by atoms with E-state index in [4.69, 9.17) is 16.3 Å². The number of nitrogens with zero attached hydrogens (tertiary/aromatic N) is 2. The molecule has 1 aromatic heterocycles. The summed E-state index contributed by atoms with van der Waals surface area (Å²) in [7, 11) is 0. The van der Waals surface area contributed by atoms with E-state index in [2.05, 4.69) is 20.7 Å². The lowest BCUT2D eigenvalue weighted by atomic mass is 10.1. The number of hydrazine groups is 1. The first-order valence-corrected chi connectivity index (χ1v) is 8.99. The quantitative estimate of drug-likeness (QED) is 0.788. The van der Waals surface area contributed by atoms with Gasteiger partial charge >= 0.3 is 0 Å². The molecule has 2 N–H and O–H groups in total. The standard InChI is InChI=1S/C16H17ClN4O3S/c17-12-3-1-11(2-4-12)9-14(22)19-20-15(23)13-10-25-16(18-13)21-5-7-24-8-6-21/h1-4,10H,5-9H2,(H,19,22)(H,20,23). The Kier molecular flexibility index (Phi) is 5.85. The van der Waals surface area contributed by atoms with Crippen LogP contribution in [-0.2, 0) is 16.0 Å². The first kappa shape index (κ1) is 17.7. The molecular formula is C16H17ClN4O3S. The molecule has 132 valence electrons. The molecule has 9 heteroatoms. The van der Waals surface area contributed by atoms with Crippen molar-refractivity contribution in [1.29, 1.82) is 0 Å². The fourth-order valence-electron chi connectivity index (χ4n) is 2.29. The Bertz CT molecular complexity index is 744. The number of hydrogen-bond acceptors (Lipinski definition) is 6. The Hall–Kier alpha value is -2.16. The van der Waals surface area contributed by atoms with Crippen LogP contribution < -0.4 is 15.8 Å². The molecule has 1 fully saturated rings. The topological polar surface area (TPSA) is 83.6 Å². The normalized spacial score (nSPS) is 14.2. The molecule has 0 radical (unpaired) electrons. The average molecular weight is 381 g/mol. The Balaban J connectivity index is 1.49. The summed E-state index contributed by atoms with van der Waals surface area (Å²) < 4.78 is 5.30. The van der Waals surface area contributed by atoms with Gasteiger partial charge in [-0.25, -0.2) is 4.98 Å². The second kappa shape index (κ2) is 8.28. The van der Waals surface area contributed by atoms with E-state index in [0.717, 1.165) is 23.8 Å². The summed E-state index contributed by atoms with van der Waals surface area (Å²) in [5.74, 6) is -0.764. The molecule has 7 nitrogen and oxygen atoms in total. The molecule has 3 rings (SSSR count). The van der Waals surface area contributed by atoms with Crippen LogP contribution in [0.5, 0.6) is 0 Å². The minimum Gasteiger partial charge on any atom is -0.378 e. The molecule has 0 spiro atoms. The first-order valence-electron chi connectivity index (χ1n) is 7.73. The van der Waals surface area contributed by atoms with E-state index in [-0.39, 0.29) is 18.0 Å². The van der Waals surface area contributed by atoms with Crippen LogP contribution >= 0.6 is 22.9 Å². The molecule has 1 aliphatic heterocycles. The van der Waals surface area contributed by atoms with Crippen molar-refractivity contribution in [3.63, 3.8) is 0 Å². The summed E-state index contributed by atoms with van der Waals surface area (Å²) in [4.78, 5) is 30.4. The van der Waals surface area contributed by atoms with Crippen molar-refractivity contribution in [2.24, 2.45) is 0 Å². The predicted molar refractivity (Wildman–Crippen MR) is 95.9 cm³/mol. The second-order valence-electron chi connectivity index (χ2n) is 5.42. The molecule has 0 atom stereocenters. The van der Waals surface area contributed by atoms with Crippen LogP contribution in [0.2, 0.25) is 5.02 Å². The van der Waals surface area contributed by atoms with Crippen molar-refractivity contribution in [2.75, 3.05) is 31.2 Å². The molecule has 1 saturated heterocycles. The lowest BCUT2D eigenvalue weighted by Crippen LogP contribution is -2.42. The van der Waals surface area contributed by atoms with E-state index >= 15 is 0 Å². The number of rotatable bonds is 4. The number of nitrogens with one attached hydrogen (secondary N) is 2. The van der Waals surface area contributed by atoms with Crippen molar-refractivity contribution >= 4 is 39.9 Å². The lowest BCUT2D eigenvalue weighted by molar-refractivity contribution is -0.121. The van der Waals surface area contributed by atoms with Crippen LogP contribution in [0.4, 0.5) is 5.13 Å². The molecular weight excluding hydrogens is 364 g/mol. The van der Waals surface area contributed by atoms with Gasteiger partial charge in [0.25, 0.3) is 5.91 Å². The Morgan fingerprint density at radius 2 is 1.92 bits per heavy atom. The molecule has 2 heterocycles. The minimum atomic E-state index is -0.444. The molecule has 0 saturated carbocycles. The SMILES string of the molecule is O=C(Cc1ccc(Cl)cc1)NNC(=O)c1csc(N2CCOCC2)n1. The van der Waals surface area contributed by atoms with Gasteiger partial charge in [-0.15, -0.1) is 11.3 Å². The smallest absolute Gasteiger partial charge is 0.289 e. The van der Waals surface area contributed by atoms with Crippen LogP contribution in [0.3, 0.4) is 0 Å². The number of anilines is 1. The van der Waals surface area contributed by atoms with E-state index in [1.54, 1.807) is 29.6 Å². The maximum absolute atomic E-state index is 12.1. The van der Waals surface area contributed by atoms with Crippen LogP contribution in [-0.4, -0.2) is 43.1 Å². The van der Waals surface area contributed by atoms with Gasteiger partial charge in [0.1, 0.15) is 5.69 Å². The van der Waals surface area contributed by atoms with Gasteiger partial charge in [0.15, 0.2) is 5.13 Å². The summed E-state index contributed by atoms with van der Waals surface area (Å²) in [5, 5.41) is 3.06. The highest BCUT2D eigenvalue weighted by Crippen LogP contribution is 2.21. The summed E-state index contributed by atoms with van der Waals surface area (Å²) in [6, 6.07) is 6.95. The number of ether oxygens (including phenoxy) is 1. The third kappa shape index (κ3) is 4.91. The number of amides is 2. The number of morpholine rings is 1. The van der Waals surface area contributed by atoms with Crippen molar-refractivity contribution < 1.29 is 14.3 Å². The fraction of sp³-hybridized carbons (Fsp3) is 0.312. The lowest BCUT2D eigenvalue weighted by Gasteiger charge is -2.25. The summed E-state index contributed by atoms with van der Waals surface area (Å²) >= 11 is 7.20. The zero-order valence-electron chi connectivity index (χ0n) is 13.3. The van der Waals surface area contributed by atoms with Gasteiger partial charge in [0.05, 0.1) is 19.6 Å². The van der Waals surface area contributed by atoms with Gasteiger partial charge < -0.3 is 9.64 Å². The van der Waals surface area contributed by atoms with Gasteiger partial charge in [0, 0.05) is 23.5 Å². The number of carbonyl (C=O) groups excluding carboxylic acids is 2. The third-order valence-electron chi connectivity index (χ3n) is 3.60. The Labute approximate surface area is 153 Å². The molecule has 0 aliphatic carbocycles. The first-order chi connectivity index (χ1) is 12.1. The van der Waals surface area contributed by atoms with Gasteiger partial charge in [-0.2, -0.15) is 0 Å². The number of benzene rings is 1. The molecule has 25 heavy (non-hydrogen) atoms. The Morgan fingerprint density at radius 3 is 2.64 bits per heavy atom. The molecule has 1 aliphatic rings. The van der Waals surface area contributed by atoms with Crippen molar-refractivity contribution in [2.45, 2.75) is 6.42 Å². The van der Waals surface area contributed by atoms with Crippen molar-refractivity contribution in [3.8, 4) is 0 Å². The number of halogens is 1. The van der Waals surface area contributed by atoms with E-state index < -0.39 is 5.91 Å². The van der Waals surface area contributed by atoms with Crippen molar-refractivity contribution in [3.05, 3.63) is 45.9 Å². The van der Waals surface area contributed by atoms with E-state index in [9.17, 15) is 9.59 Å². The minimum absolute atomic E-state index is 0.146. The Morgan fingerprint density at radius 1 is 1.20 bits per heavy atom. The zero-order valence-corrected chi connectivity index (χ0v) is 14.9. The third-order valence-corrected chi connectivity index (χ3v) is 4.75. The molecule has 2 aromatic rings. The highest BCUT2D eigenvalue weighted by atomic mass is 35.5. The summed E-state index contributed by atoms with van der Waals surface area (Å²) in [5.41, 5.74) is 5.86. The summed E-state index contributed by atoms with van der Waals surface area (Å²) in [6.07, 6.45) is 0.146. The van der Waals surface area contributed by atoms with Gasteiger partial charge in [0.2, 0.25) is 5.91 Å². The summed E-state index contributed by atoms with van der Waals surface area (Å²) in [6.45, 7) is 2.82. The zero-order chi connectivity index (χ0) is 17.6. The van der Waals surface area contributed by atoms with Crippen LogP contribution in [0, 0.1) is 0 Å². The molecule has 0 bridgehead atoms. The average Bonchev–Trinajstić information content (AvgIpc) is 3.13. The number of aromatic nitrogens is 1. The maximum atomic E-state index is 12.1. The highest BCUT2D eigenvalue weighted by Gasteiger charge is 2.17. The number of hydrogen-bond donors (Lipinski definition) is 2. The van der Waals surface area contributed by atoms with Crippen molar-refractivity contribution in [1.82, 2.24) is 15.8 Å². The second-order valence-corrected chi connectivity index (χ2v) is 6.69. The molecule has 0 unspecified atom stereocenters. The van der Waals surface area contributed by atoms with E-state index in [1.807, 2.05) is 0 Å². The van der Waals surface area contributed by atoms with Crippen LogP contribution in [0.25, 0.3) is 0 Å². The van der Waals surface area contributed by atoms with E-state index in [1.165, 1.54) is 11.3 Å². The number of carbonyl (C=O) groups is 2. The molecule has 1 aromatic carbocycles. The van der Waals surface area contributed by atoms with Gasteiger partial charge in [-0.1, -0.05) is 23.7 Å². The van der Waals surface area contributed by atoms with Crippen LogP contribution in [0.15, 0.2) is 29.6 Å². The monoisotopic (exact) mass is 380 g/mol. The van der Waals surface area contributed by atoms with E-state index in [0.29, 0.717) is 18.2 Å². The highest BCUT2D eigenvalue weighted by molar-refractivity contribution is 7.13. The molecule has 2 amide bonds. The van der Waals surface area contributed by atoms with Gasteiger partial charge in [-0.05, 0) is 17.7 Å².